The molecular weight excluding hydrogens is 144 g/mol. The molecule has 1 rings (SSSR count). The molecule has 0 fully saturated rings. The first-order valence-electron chi connectivity index (χ1n) is 5.18. The van der Waals surface area contributed by atoms with Crippen molar-refractivity contribution in [1.29, 1.82) is 0 Å². The van der Waals surface area contributed by atoms with Crippen LogP contribution < -0.4 is 0 Å². The largest absolute Gasteiger partial charge is 0.0816 e. The fraction of sp³-hybridized carbons (Fsp3) is 0.667. The third-order valence-corrected chi connectivity index (χ3v) is 2.56. The van der Waals surface area contributed by atoms with Crippen molar-refractivity contribution in [3.8, 4) is 0 Å². The van der Waals surface area contributed by atoms with Crippen molar-refractivity contribution < 1.29 is 0 Å². The van der Waals surface area contributed by atoms with Crippen molar-refractivity contribution in [3.05, 3.63) is 23.8 Å². The van der Waals surface area contributed by atoms with Gasteiger partial charge >= 0.3 is 0 Å². The van der Waals surface area contributed by atoms with Gasteiger partial charge in [-0.3, -0.25) is 0 Å². The molecule has 0 radical (unpaired) electrons. The zero-order valence-electron chi connectivity index (χ0n) is 8.34. The van der Waals surface area contributed by atoms with Crippen LogP contribution in [0.5, 0.6) is 0 Å². The molecule has 1 atom stereocenters. The molecular formula is C12H20. The summed E-state index contributed by atoms with van der Waals surface area (Å²) in [6.07, 6.45) is 13.8. The summed E-state index contributed by atoms with van der Waals surface area (Å²) >= 11 is 0. The Hall–Kier alpha value is -0.520. The highest BCUT2D eigenvalue weighted by atomic mass is 14.1. The molecule has 1 unspecified atom stereocenters. The Kier molecular flexibility index (Phi) is 4.13. The standard InChI is InChI=1S/C12H20/c1-3-4-7-12-8-5-6-11(2)9-10-12/h6,9-10,12H,3-5,7-8H2,1-2H3. The van der Waals surface area contributed by atoms with E-state index in [1.165, 1.54) is 37.7 Å². The van der Waals surface area contributed by atoms with E-state index in [2.05, 4.69) is 32.1 Å². The number of unbranched alkanes of at least 4 members (excludes halogenated alkanes) is 1. The Balaban J connectivity index is 2.34. The van der Waals surface area contributed by atoms with Gasteiger partial charge in [-0.2, -0.15) is 0 Å². The highest BCUT2D eigenvalue weighted by Gasteiger charge is 2.05. The number of rotatable bonds is 3. The predicted molar refractivity (Wildman–Crippen MR) is 55.1 cm³/mol. The molecule has 0 spiro atoms. The van der Waals surface area contributed by atoms with E-state index in [4.69, 9.17) is 0 Å². The van der Waals surface area contributed by atoms with Crippen molar-refractivity contribution in [2.45, 2.75) is 46.0 Å². The molecule has 0 bridgehead atoms. The molecule has 0 aromatic heterocycles. The second-order valence-electron chi connectivity index (χ2n) is 3.79. The van der Waals surface area contributed by atoms with Gasteiger partial charge in [-0.25, -0.2) is 0 Å². The van der Waals surface area contributed by atoms with E-state index in [0.29, 0.717) is 0 Å². The highest BCUT2D eigenvalue weighted by Crippen LogP contribution is 2.20. The van der Waals surface area contributed by atoms with Gasteiger partial charge in [-0.15, -0.1) is 0 Å². The van der Waals surface area contributed by atoms with Gasteiger partial charge in [0.2, 0.25) is 0 Å². The van der Waals surface area contributed by atoms with Crippen molar-refractivity contribution in [2.75, 3.05) is 0 Å². The van der Waals surface area contributed by atoms with E-state index in [1.54, 1.807) is 0 Å². The highest BCUT2D eigenvalue weighted by molar-refractivity contribution is 5.18. The number of hydrogen-bond acceptors (Lipinski definition) is 0. The average Bonchev–Trinajstić information content (AvgIpc) is 2.27. The Morgan fingerprint density at radius 3 is 3.08 bits per heavy atom. The van der Waals surface area contributed by atoms with Gasteiger partial charge in [0.15, 0.2) is 0 Å². The molecule has 0 nitrogen and oxygen atoms in total. The normalized spacial score (nSPS) is 23.5. The maximum atomic E-state index is 2.40. The first-order valence-corrected chi connectivity index (χ1v) is 5.18. The minimum Gasteiger partial charge on any atom is -0.0816 e. The Morgan fingerprint density at radius 1 is 1.50 bits per heavy atom. The molecule has 0 heterocycles. The summed E-state index contributed by atoms with van der Waals surface area (Å²) in [4.78, 5) is 0. The molecule has 0 saturated heterocycles. The summed E-state index contributed by atoms with van der Waals surface area (Å²) in [5, 5.41) is 0. The third-order valence-electron chi connectivity index (χ3n) is 2.56. The lowest BCUT2D eigenvalue weighted by Crippen LogP contribution is -1.94. The molecule has 0 heteroatoms. The topological polar surface area (TPSA) is 0 Å². The maximum absolute atomic E-state index is 2.40. The van der Waals surface area contributed by atoms with E-state index in [-0.39, 0.29) is 0 Å². The van der Waals surface area contributed by atoms with Crippen LogP contribution in [0.2, 0.25) is 0 Å². The molecule has 0 aliphatic heterocycles. The van der Waals surface area contributed by atoms with E-state index in [1.807, 2.05) is 0 Å². The van der Waals surface area contributed by atoms with Gasteiger partial charge in [0.05, 0.1) is 0 Å². The SMILES string of the molecule is CCCCC1C=CC(C)=CCC1. The Morgan fingerprint density at radius 2 is 2.33 bits per heavy atom. The number of hydrogen-bond donors (Lipinski definition) is 0. The van der Waals surface area contributed by atoms with Crippen LogP contribution in [-0.4, -0.2) is 0 Å². The zero-order chi connectivity index (χ0) is 8.81. The summed E-state index contributed by atoms with van der Waals surface area (Å²) < 4.78 is 0. The van der Waals surface area contributed by atoms with Gasteiger partial charge in [-0.1, -0.05) is 43.6 Å². The monoisotopic (exact) mass is 164 g/mol. The Bertz CT molecular complexity index is 174. The van der Waals surface area contributed by atoms with Crippen molar-refractivity contribution in [2.24, 2.45) is 5.92 Å². The molecule has 12 heavy (non-hydrogen) atoms. The first kappa shape index (κ1) is 9.57. The van der Waals surface area contributed by atoms with E-state index in [9.17, 15) is 0 Å². The third kappa shape index (κ3) is 3.25. The van der Waals surface area contributed by atoms with Crippen molar-refractivity contribution in [1.82, 2.24) is 0 Å². The van der Waals surface area contributed by atoms with Crippen LogP contribution >= 0.6 is 0 Å². The van der Waals surface area contributed by atoms with E-state index >= 15 is 0 Å². The van der Waals surface area contributed by atoms with E-state index < -0.39 is 0 Å². The van der Waals surface area contributed by atoms with Crippen molar-refractivity contribution in [3.63, 3.8) is 0 Å². The fourth-order valence-corrected chi connectivity index (χ4v) is 1.68. The van der Waals surface area contributed by atoms with Crippen LogP contribution in [0, 0.1) is 5.92 Å². The molecule has 0 saturated carbocycles. The van der Waals surface area contributed by atoms with Crippen LogP contribution in [0.4, 0.5) is 0 Å². The molecule has 0 N–H and O–H groups in total. The summed E-state index contributed by atoms with van der Waals surface area (Å²) in [5.74, 6) is 0.846. The average molecular weight is 164 g/mol. The molecule has 68 valence electrons. The van der Waals surface area contributed by atoms with Gasteiger partial charge < -0.3 is 0 Å². The summed E-state index contributed by atoms with van der Waals surface area (Å²) in [7, 11) is 0. The first-order chi connectivity index (χ1) is 5.83. The lowest BCUT2D eigenvalue weighted by atomic mass is 9.97. The fourth-order valence-electron chi connectivity index (χ4n) is 1.68. The van der Waals surface area contributed by atoms with Gasteiger partial charge in [0.25, 0.3) is 0 Å². The van der Waals surface area contributed by atoms with Gasteiger partial charge in [0, 0.05) is 0 Å². The summed E-state index contributed by atoms with van der Waals surface area (Å²) in [6, 6.07) is 0. The van der Waals surface area contributed by atoms with Crippen LogP contribution in [-0.2, 0) is 0 Å². The molecule has 1 aliphatic carbocycles. The zero-order valence-corrected chi connectivity index (χ0v) is 8.34. The molecule has 1 aliphatic rings. The molecule has 0 aromatic carbocycles. The van der Waals surface area contributed by atoms with Crippen LogP contribution in [0.15, 0.2) is 23.8 Å². The quantitative estimate of drug-likeness (QED) is 0.589. The Labute approximate surface area is 76.4 Å². The minimum atomic E-state index is 0.846. The van der Waals surface area contributed by atoms with Crippen LogP contribution in [0.3, 0.4) is 0 Å². The lowest BCUT2D eigenvalue weighted by Gasteiger charge is -2.08. The number of allylic oxidation sites excluding steroid dienone is 4. The van der Waals surface area contributed by atoms with Crippen LogP contribution in [0.25, 0.3) is 0 Å². The van der Waals surface area contributed by atoms with E-state index in [0.717, 1.165) is 5.92 Å². The summed E-state index contributed by atoms with van der Waals surface area (Å²) in [5.41, 5.74) is 1.44. The maximum Gasteiger partial charge on any atom is -0.0227 e. The van der Waals surface area contributed by atoms with Crippen LogP contribution in [0.1, 0.15) is 46.0 Å². The van der Waals surface area contributed by atoms with Crippen molar-refractivity contribution >= 4 is 0 Å². The smallest absolute Gasteiger partial charge is 0.0227 e. The molecule has 0 amide bonds. The second-order valence-corrected chi connectivity index (χ2v) is 3.79. The predicted octanol–water partition coefficient (Wildman–Crippen LogP) is 4.09. The molecule has 0 aromatic rings. The van der Waals surface area contributed by atoms with Gasteiger partial charge in [-0.05, 0) is 32.1 Å². The summed E-state index contributed by atoms with van der Waals surface area (Å²) in [6.45, 7) is 4.46. The van der Waals surface area contributed by atoms with Gasteiger partial charge in [0.1, 0.15) is 0 Å². The second kappa shape index (κ2) is 5.18. The lowest BCUT2D eigenvalue weighted by molar-refractivity contribution is 0.525. The minimum absolute atomic E-state index is 0.846.